The molecule has 2 nitrogen and oxygen atoms in total. The first-order valence-electron chi connectivity index (χ1n) is 5.87. The molecule has 1 N–H and O–H groups in total. The molecule has 1 saturated heterocycles. The number of para-hydroxylation sites is 1. The molecular weight excluding hydrogens is 186 g/mol. The van der Waals surface area contributed by atoms with Crippen LogP contribution in [0.25, 0.3) is 0 Å². The summed E-state index contributed by atoms with van der Waals surface area (Å²) in [6.45, 7) is 3.90. The Balaban J connectivity index is 2.17. The number of ether oxygens (including phenoxy) is 1. The first kappa shape index (κ1) is 10.5. The summed E-state index contributed by atoms with van der Waals surface area (Å²) in [6.07, 6.45) is 3.84. The quantitative estimate of drug-likeness (QED) is 0.819. The van der Waals surface area contributed by atoms with E-state index in [0.29, 0.717) is 6.04 Å². The van der Waals surface area contributed by atoms with Gasteiger partial charge in [0.2, 0.25) is 0 Å². The van der Waals surface area contributed by atoms with E-state index in [1.807, 2.05) is 13.0 Å². The summed E-state index contributed by atoms with van der Waals surface area (Å²) in [7, 11) is 0. The lowest BCUT2D eigenvalue weighted by Crippen LogP contribution is -2.27. The van der Waals surface area contributed by atoms with Gasteiger partial charge in [0.25, 0.3) is 0 Å². The Kier molecular flexibility index (Phi) is 3.62. The van der Waals surface area contributed by atoms with Crippen molar-refractivity contribution in [1.82, 2.24) is 5.32 Å². The number of hydrogen-bond donors (Lipinski definition) is 1. The van der Waals surface area contributed by atoms with E-state index in [1.54, 1.807) is 0 Å². The van der Waals surface area contributed by atoms with Crippen molar-refractivity contribution in [2.45, 2.75) is 32.2 Å². The highest BCUT2D eigenvalue weighted by Gasteiger charge is 2.17. The van der Waals surface area contributed by atoms with Crippen LogP contribution < -0.4 is 10.1 Å². The molecule has 1 fully saturated rings. The molecule has 1 aromatic rings. The van der Waals surface area contributed by atoms with Gasteiger partial charge in [0.1, 0.15) is 5.75 Å². The summed E-state index contributed by atoms with van der Waals surface area (Å²) in [6, 6.07) is 8.86. The van der Waals surface area contributed by atoms with E-state index < -0.39 is 0 Å². The monoisotopic (exact) mass is 205 g/mol. The Morgan fingerprint density at radius 3 is 2.93 bits per heavy atom. The van der Waals surface area contributed by atoms with Gasteiger partial charge in [-0.2, -0.15) is 0 Å². The third-order valence-electron chi connectivity index (χ3n) is 2.90. The molecule has 0 saturated carbocycles. The van der Waals surface area contributed by atoms with Crippen LogP contribution in [0.5, 0.6) is 5.75 Å². The summed E-state index contributed by atoms with van der Waals surface area (Å²) >= 11 is 0. The van der Waals surface area contributed by atoms with Gasteiger partial charge in [-0.05, 0) is 32.4 Å². The Morgan fingerprint density at radius 2 is 2.20 bits per heavy atom. The van der Waals surface area contributed by atoms with Gasteiger partial charge in [-0.1, -0.05) is 24.6 Å². The van der Waals surface area contributed by atoms with E-state index in [1.165, 1.54) is 24.8 Å². The van der Waals surface area contributed by atoms with Crippen molar-refractivity contribution in [3.8, 4) is 5.75 Å². The highest BCUT2D eigenvalue weighted by atomic mass is 16.5. The molecule has 82 valence electrons. The van der Waals surface area contributed by atoms with Crippen molar-refractivity contribution < 1.29 is 4.74 Å². The number of hydrogen-bond acceptors (Lipinski definition) is 2. The van der Waals surface area contributed by atoms with Gasteiger partial charge in [0, 0.05) is 11.6 Å². The minimum Gasteiger partial charge on any atom is -0.494 e. The maximum absolute atomic E-state index is 5.65. The fourth-order valence-electron chi connectivity index (χ4n) is 2.17. The smallest absolute Gasteiger partial charge is 0.124 e. The molecule has 0 radical (unpaired) electrons. The molecular formula is C13H19NO. The largest absolute Gasteiger partial charge is 0.494 e. The van der Waals surface area contributed by atoms with Gasteiger partial charge < -0.3 is 10.1 Å². The van der Waals surface area contributed by atoms with Gasteiger partial charge >= 0.3 is 0 Å². The van der Waals surface area contributed by atoms with E-state index >= 15 is 0 Å². The summed E-state index contributed by atoms with van der Waals surface area (Å²) in [5.74, 6) is 1.04. The average molecular weight is 205 g/mol. The molecule has 1 aromatic carbocycles. The van der Waals surface area contributed by atoms with Crippen LogP contribution in [-0.4, -0.2) is 13.2 Å². The van der Waals surface area contributed by atoms with Gasteiger partial charge in [0.05, 0.1) is 6.61 Å². The number of benzene rings is 1. The Morgan fingerprint density at radius 1 is 1.33 bits per heavy atom. The molecule has 1 aliphatic heterocycles. The molecule has 1 aliphatic rings. The lowest BCUT2D eigenvalue weighted by atomic mass is 9.97. The molecule has 1 heterocycles. The van der Waals surface area contributed by atoms with Crippen molar-refractivity contribution in [2.75, 3.05) is 13.2 Å². The lowest BCUT2D eigenvalue weighted by molar-refractivity contribution is 0.324. The number of rotatable bonds is 3. The first-order valence-corrected chi connectivity index (χ1v) is 5.87. The van der Waals surface area contributed by atoms with E-state index in [-0.39, 0.29) is 0 Å². The summed E-state index contributed by atoms with van der Waals surface area (Å²) in [4.78, 5) is 0. The zero-order valence-electron chi connectivity index (χ0n) is 9.33. The predicted molar refractivity (Wildman–Crippen MR) is 62.2 cm³/mol. The second-order valence-electron chi connectivity index (χ2n) is 3.97. The third kappa shape index (κ3) is 2.51. The Hall–Kier alpha value is -1.02. The van der Waals surface area contributed by atoms with Crippen molar-refractivity contribution >= 4 is 0 Å². The Bertz CT molecular complexity index is 305. The fourth-order valence-corrected chi connectivity index (χ4v) is 2.17. The summed E-state index contributed by atoms with van der Waals surface area (Å²) in [5.41, 5.74) is 1.32. The molecule has 1 atom stereocenters. The minimum absolute atomic E-state index is 0.487. The molecule has 0 amide bonds. The lowest BCUT2D eigenvalue weighted by Gasteiger charge is -2.25. The van der Waals surface area contributed by atoms with Gasteiger partial charge in [-0.15, -0.1) is 0 Å². The highest BCUT2D eigenvalue weighted by molar-refractivity contribution is 5.36. The summed E-state index contributed by atoms with van der Waals surface area (Å²) in [5, 5.41) is 3.55. The maximum atomic E-state index is 5.65. The molecule has 0 spiro atoms. The van der Waals surface area contributed by atoms with Crippen LogP contribution in [0, 0.1) is 0 Å². The molecule has 2 heteroatoms. The van der Waals surface area contributed by atoms with Gasteiger partial charge in [-0.25, -0.2) is 0 Å². The normalized spacial score (nSPS) is 21.3. The standard InChI is InChI=1S/C13H19NO/c1-2-15-13-9-4-3-7-11(13)12-8-5-6-10-14-12/h3-4,7,9,12,14H,2,5-6,8,10H2,1H3/t12-/m1/s1. The zero-order chi connectivity index (χ0) is 10.5. The number of piperidine rings is 1. The second-order valence-corrected chi connectivity index (χ2v) is 3.97. The maximum Gasteiger partial charge on any atom is 0.124 e. The third-order valence-corrected chi connectivity index (χ3v) is 2.90. The molecule has 0 aliphatic carbocycles. The van der Waals surface area contributed by atoms with Crippen LogP contribution in [0.1, 0.15) is 37.8 Å². The average Bonchev–Trinajstić information content (AvgIpc) is 2.31. The van der Waals surface area contributed by atoms with E-state index in [0.717, 1.165) is 18.9 Å². The molecule has 0 unspecified atom stereocenters. The van der Waals surface area contributed by atoms with Crippen LogP contribution in [0.4, 0.5) is 0 Å². The number of nitrogens with one attached hydrogen (secondary N) is 1. The molecule has 0 aromatic heterocycles. The van der Waals surface area contributed by atoms with E-state index in [9.17, 15) is 0 Å². The van der Waals surface area contributed by atoms with Gasteiger partial charge in [0.15, 0.2) is 0 Å². The zero-order valence-corrected chi connectivity index (χ0v) is 9.33. The van der Waals surface area contributed by atoms with Crippen molar-refractivity contribution in [2.24, 2.45) is 0 Å². The van der Waals surface area contributed by atoms with Crippen molar-refractivity contribution in [3.05, 3.63) is 29.8 Å². The van der Waals surface area contributed by atoms with Gasteiger partial charge in [-0.3, -0.25) is 0 Å². The SMILES string of the molecule is CCOc1ccccc1[C@H]1CCCCN1. The molecule has 2 rings (SSSR count). The van der Waals surface area contributed by atoms with E-state index in [2.05, 4.69) is 23.5 Å². The first-order chi connectivity index (χ1) is 7.42. The molecule has 0 bridgehead atoms. The van der Waals surface area contributed by atoms with Crippen LogP contribution in [0.3, 0.4) is 0 Å². The minimum atomic E-state index is 0.487. The van der Waals surface area contributed by atoms with E-state index in [4.69, 9.17) is 4.74 Å². The van der Waals surface area contributed by atoms with Crippen molar-refractivity contribution in [3.63, 3.8) is 0 Å². The van der Waals surface area contributed by atoms with Crippen LogP contribution in [0.2, 0.25) is 0 Å². The predicted octanol–water partition coefficient (Wildman–Crippen LogP) is 2.90. The molecule has 15 heavy (non-hydrogen) atoms. The topological polar surface area (TPSA) is 21.3 Å². The van der Waals surface area contributed by atoms with Crippen LogP contribution in [0.15, 0.2) is 24.3 Å². The van der Waals surface area contributed by atoms with Crippen LogP contribution in [-0.2, 0) is 0 Å². The van der Waals surface area contributed by atoms with Crippen LogP contribution >= 0.6 is 0 Å². The highest BCUT2D eigenvalue weighted by Crippen LogP contribution is 2.30. The summed E-state index contributed by atoms with van der Waals surface area (Å²) < 4.78 is 5.65. The Labute approximate surface area is 91.6 Å². The van der Waals surface area contributed by atoms with Crippen molar-refractivity contribution in [1.29, 1.82) is 0 Å². The fraction of sp³-hybridized carbons (Fsp3) is 0.538. The second kappa shape index (κ2) is 5.17.